The van der Waals surface area contributed by atoms with Crippen LogP contribution in [0.1, 0.15) is 27.7 Å². The van der Waals surface area contributed by atoms with Crippen molar-refractivity contribution >= 4 is 5.96 Å². The van der Waals surface area contributed by atoms with Gasteiger partial charge in [-0.15, -0.1) is 0 Å². The Morgan fingerprint density at radius 2 is 1.83 bits per heavy atom. The van der Waals surface area contributed by atoms with E-state index in [4.69, 9.17) is 0 Å². The third-order valence-electron chi connectivity index (χ3n) is 3.41. The summed E-state index contributed by atoms with van der Waals surface area (Å²) in [5.41, 5.74) is -1.98. The summed E-state index contributed by atoms with van der Waals surface area (Å²) in [4.78, 5) is 6.03. The fourth-order valence-electron chi connectivity index (χ4n) is 2.53. The molecule has 0 spiro atoms. The van der Waals surface area contributed by atoms with E-state index in [9.17, 15) is 13.2 Å². The van der Waals surface area contributed by atoms with Crippen LogP contribution in [-0.4, -0.2) is 40.7 Å². The molecule has 2 unspecified atom stereocenters. The number of halogens is 3. The summed E-state index contributed by atoms with van der Waals surface area (Å²) in [5, 5.41) is 2.57. The van der Waals surface area contributed by atoms with Crippen LogP contribution in [0.3, 0.4) is 0 Å². The highest BCUT2D eigenvalue weighted by atomic mass is 19.4. The zero-order valence-corrected chi connectivity index (χ0v) is 10.9. The van der Waals surface area contributed by atoms with Crippen molar-refractivity contribution in [2.45, 2.75) is 57.5 Å². The Morgan fingerprint density at radius 3 is 2.11 bits per heavy atom. The molecular weight excluding hydrogens is 243 g/mol. The van der Waals surface area contributed by atoms with Crippen molar-refractivity contribution in [3.8, 4) is 0 Å². The molecule has 0 fully saturated rings. The van der Waals surface area contributed by atoms with Gasteiger partial charge in [-0.3, -0.25) is 0 Å². The minimum absolute atomic E-state index is 0.0963. The zero-order valence-electron chi connectivity index (χ0n) is 10.9. The molecule has 0 amide bonds. The van der Waals surface area contributed by atoms with Crippen LogP contribution in [0.5, 0.6) is 0 Å². The molecule has 0 radical (unpaired) electrons. The van der Waals surface area contributed by atoms with Crippen LogP contribution in [0.15, 0.2) is 17.1 Å². The molecule has 18 heavy (non-hydrogen) atoms. The number of hydrogen-bond acceptors (Lipinski definition) is 3. The number of hydrogen-bond donors (Lipinski definition) is 1. The second kappa shape index (κ2) is 3.90. The van der Waals surface area contributed by atoms with Gasteiger partial charge in [0.25, 0.3) is 0 Å². The lowest BCUT2D eigenvalue weighted by Gasteiger charge is -2.40. The molecule has 0 saturated carbocycles. The van der Waals surface area contributed by atoms with Gasteiger partial charge in [0.2, 0.25) is 0 Å². The Bertz CT molecular complexity index is 390. The number of nitrogens with one attached hydrogen (secondary N) is 1. The van der Waals surface area contributed by atoms with Gasteiger partial charge in [0, 0.05) is 12.1 Å². The largest absolute Gasteiger partial charge is 0.417 e. The van der Waals surface area contributed by atoms with Gasteiger partial charge in [0.05, 0.1) is 0 Å². The van der Waals surface area contributed by atoms with Crippen LogP contribution in [0, 0.1) is 0 Å². The Kier molecular flexibility index (Phi) is 2.87. The molecule has 2 atom stereocenters. The van der Waals surface area contributed by atoms with E-state index in [0.29, 0.717) is 5.96 Å². The Hall–Kier alpha value is -1.20. The summed E-state index contributed by atoms with van der Waals surface area (Å²) in [6.45, 7) is 7.77. The normalized spacial score (nSPS) is 30.1. The molecule has 1 heterocycles. The van der Waals surface area contributed by atoms with E-state index in [-0.39, 0.29) is 12.1 Å². The van der Waals surface area contributed by atoms with E-state index in [1.807, 2.05) is 32.6 Å². The monoisotopic (exact) mass is 261 g/mol. The molecule has 0 saturated heterocycles. The number of alkyl halides is 3. The van der Waals surface area contributed by atoms with E-state index < -0.39 is 17.8 Å². The number of rotatable bonds is 2. The number of aliphatic imine (C=N–C) groups is 1. The van der Waals surface area contributed by atoms with Crippen molar-refractivity contribution in [3.05, 3.63) is 12.2 Å². The highest BCUT2D eigenvalue weighted by Crippen LogP contribution is 2.44. The van der Waals surface area contributed by atoms with E-state index in [2.05, 4.69) is 10.3 Å². The van der Waals surface area contributed by atoms with Gasteiger partial charge in [-0.05, 0) is 33.8 Å². The molecule has 6 heteroatoms. The van der Waals surface area contributed by atoms with Crippen molar-refractivity contribution in [1.82, 2.24) is 10.2 Å². The first-order chi connectivity index (χ1) is 8.19. The Labute approximate surface area is 105 Å². The van der Waals surface area contributed by atoms with Crippen molar-refractivity contribution < 1.29 is 13.2 Å². The maximum Gasteiger partial charge on any atom is 0.417 e. The van der Waals surface area contributed by atoms with Crippen molar-refractivity contribution in [3.63, 3.8) is 0 Å². The fraction of sp³-hybridized carbons (Fsp3) is 0.750. The van der Waals surface area contributed by atoms with Gasteiger partial charge >= 0.3 is 6.18 Å². The minimum atomic E-state index is -4.32. The number of guanidine groups is 1. The van der Waals surface area contributed by atoms with Gasteiger partial charge in [0.1, 0.15) is 6.04 Å². The predicted molar refractivity (Wildman–Crippen MR) is 64.4 cm³/mol. The predicted octanol–water partition coefficient (Wildman–Crippen LogP) is 2.30. The molecule has 0 aromatic heterocycles. The lowest BCUT2D eigenvalue weighted by Crippen LogP contribution is -2.65. The lowest BCUT2D eigenvalue weighted by atomic mass is 9.81. The van der Waals surface area contributed by atoms with Crippen LogP contribution in [0.2, 0.25) is 0 Å². The third kappa shape index (κ3) is 1.69. The molecule has 3 nitrogen and oxygen atoms in total. The minimum Gasteiger partial charge on any atom is -0.338 e. The van der Waals surface area contributed by atoms with E-state index in [1.165, 1.54) is 6.08 Å². The summed E-state index contributed by atoms with van der Waals surface area (Å²) in [5.74, 6) is 0.340. The van der Waals surface area contributed by atoms with Crippen LogP contribution in [0.4, 0.5) is 13.2 Å². The smallest absolute Gasteiger partial charge is 0.338 e. The first-order valence-corrected chi connectivity index (χ1v) is 6.09. The Morgan fingerprint density at radius 1 is 1.28 bits per heavy atom. The van der Waals surface area contributed by atoms with E-state index in [1.54, 1.807) is 0 Å². The topological polar surface area (TPSA) is 27.6 Å². The molecule has 0 aromatic rings. The average Bonchev–Trinajstić information content (AvgIpc) is 2.39. The highest BCUT2D eigenvalue weighted by molar-refractivity contribution is 5.86. The van der Waals surface area contributed by atoms with Crippen molar-refractivity contribution in [2.75, 3.05) is 0 Å². The third-order valence-corrected chi connectivity index (χ3v) is 3.41. The van der Waals surface area contributed by atoms with Gasteiger partial charge < -0.3 is 10.2 Å². The van der Waals surface area contributed by atoms with Crippen LogP contribution in [-0.2, 0) is 0 Å². The summed E-state index contributed by atoms with van der Waals surface area (Å²) >= 11 is 0. The quantitative estimate of drug-likeness (QED) is 0.772. The van der Waals surface area contributed by atoms with E-state index >= 15 is 0 Å². The molecule has 0 aromatic carbocycles. The van der Waals surface area contributed by atoms with Gasteiger partial charge in [-0.25, -0.2) is 4.99 Å². The summed E-state index contributed by atoms with van der Waals surface area (Å²) in [6.07, 6.45) is -1.67. The molecule has 0 bridgehead atoms. The first-order valence-electron chi connectivity index (χ1n) is 6.09. The summed E-state index contributed by atoms with van der Waals surface area (Å²) in [7, 11) is 0. The van der Waals surface area contributed by atoms with Crippen molar-refractivity contribution in [2.24, 2.45) is 4.99 Å². The molecular formula is C12H18F3N3. The zero-order chi connectivity index (χ0) is 13.7. The number of fused-ring (bicyclic) bond motifs is 1. The van der Waals surface area contributed by atoms with Crippen LogP contribution >= 0.6 is 0 Å². The van der Waals surface area contributed by atoms with Crippen molar-refractivity contribution in [1.29, 1.82) is 0 Å². The van der Waals surface area contributed by atoms with Gasteiger partial charge in [-0.2, -0.15) is 13.2 Å². The van der Waals surface area contributed by atoms with Gasteiger partial charge in [-0.1, -0.05) is 6.08 Å². The molecule has 1 N–H and O–H groups in total. The maximum atomic E-state index is 13.1. The molecule has 2 rings (SSSR count). The summed E-state index contributed by atoms with van der Waals surface area (Å²) in [6, 6.07) is -0.634. The molecule has 1 aliphatic heterocycles. The maximum absolute atomic E-state index is 13.1. The highest BCUT2D eigenvalue weighted by Gasteiger charge is 2.65. The van der Waals surface area contributed by atoms with Gasteiger partial charge in [0.15, 0.2) is 11.5 Å². The number of nitrogens with zero attached hydrogens (tertiary/aromatic N) is 2. The second-order valence-electron chi connectivity index (χ2n) is 5.34. The molecule has 102 valence electrons. The average molecular weight is 261 g/mol. The lowest BCUT2D eigenvalue weighted by molar-refractivity contribution is -0.182. The Balaban J connectivity index is 2.24. The fourth-order valence-corrected chi connectivity index (χ4v) is 2.53. The summed E-state index contributed by atoms with van der Waals surface area (Å²) < 4.78 is 39.2. The van der Waals surface area contributed by atoms with Crippen LogP contribution < -0.4 is 5.32 Å². The SMILES string of the molecule is CC(C)N(C1=NC2C=CC2(C(F)(F)F)N1)C(C)C. The standard InChI is InChI=1S/C12H18F3N3/c1-7(2)18(8(3)4)10-16-9-5-6-11(9,17-10)12(13,14)15/h5-9H,1-4H3,(H,16,17). The molecule has 2 aliphatic rings. The van der Waals surface area contributed by atoms with E-state index in [0.717, 1.165) is 6.08 Å². The van der Waals surface area contributed by atoms with Crippen LogP contribution in [0.25, 0.3) is 0 Å². The molecule has 1 aliphatic carbocycles. The second-order valence-corrected chi connectivity index (χ2v) is 5.34. The first kappa shape index (κ1) is 13.2.